The lowest BCUT2D eigenvalue weighted by molar-refractivity contribution is -0.150. The average Bonchev–Trinajstić information content (AvgIpc) is 2.63. The molecule has 2 aromatic carbocycles. The van der Waals surface area contributed by atoms with Gasteiger partial charge in [0.1, 0.15) is 0 Å². The van der Waals surface area contributed by atoms with Crippen molar-refractivity contribution in [2.75, 3.05) is 11.9 Å². The lowest BCUT2D eigenvalue weighted by atomic mass is 9.86. The highest BCUT2D eigenvalue weighted by Gasteiger charge is 2.27. The molecule has 132 valence electrons. The van der Waals surface area contributed by atoms with E-state index in [0.29, 0.717) is 10.7 Å². The first-order chi connectivity index (χ1) is 12.0. The van der Waals surface area contributed by atoms with Crippen molar-refractivity contribution in [3.8, 4) is 0 Å². The van der Waals surface area contributed by atoms with E-state index in [1.807, 2.05) is 44.2 Å². The SMILES string of the molecule is CC[C@@H](C)[C@@H](C(=O)OCC(=O)Nc1ccccc1Cl)c1ccccc1. The van der Waals surface area contributed by atoms with Gasteiger partial charge < -0.3 is 10.1 Å². The monoisotopic (exact) mass is 359 g/mol. The van der Waals surface area contributed by atoms with Crippen LogP contribution < -0.4 is 5.32 Å². The molecule has 0 bridgehead atoms. The van der Waals surface area contributed by atoms with Crippen molar-refractivity contribution in [1.82, 2.24) is 0 Å². The summed E-state index contributed by atoms with van der Waals surface area (Å²) in [5.41, 5.74) is 1.39. The van der Waals surface area contributed by atoms with Crippen LogP contribution in [0.1, 0.15) is 31.7 Å². The fraction of sp³-hybridized carbons (Fsp3) is 0.300. The largest absolute Gasteiger partial charge is 0.455 e. The molecule has 0 spiro atoms. The number of nitrogens with one attached hydrogen (secondary N) is 1. The molecule has 0 aliphatic heterocycles. The van der Waals surface area contributed by atoms with Crippen LogP contribution in [0.2, 0.25) is 5.02 Å². The van der Waals surface area contributed by atoms with Gasteiger partial charge in [0.25, 0.3) is 5.91 Å². The molecule has 0 aliphatic carbocycles. The number of benzene rings is 2. The molecule has 0 unspecified atom stereocenters. The third-order valence-electron chi connectivity index (χ3n) is 4.12. The number of carbonyl (C=O) groups is 2. The summed E-state index contributed by atoms with van der Waals surface area (Å²) in [5, 5.41) is 3.07. The summed E-state index contributed by atoms with van der Waals surface area (Å²) in [6.07, 6.45) is 0.834. The van der Waals surface area contributed by atoms with Gasteiger partial charge in [0.15, 0.2) is 6.61 Å². The van der Waals surface area contributed by atoms with Gasteiger partial charge in [-0.15, -0.1) is 0 Å². The molecule has 0 saturated carbocycles. The fourth-order valence-electron chi connectivity index (χ4n) is 2.57. The Bertz CT molecular complexity index is 718. The summed E-state index contributed by atoms with van der Waals surface area (Å²) in [6.45, 7) is 3.69. The molecule has 0 aliphatic rings. The molecule has 0 fully saturated rings. The Morgan fingerprint density at radius 1 is 1.08 bits per heavy atom. The molecular weight excluding hydrogens is 338 g/mol. The minimum atomic E-state index is -0.419. The molecule has 2 rings (SSSR count). The Morgan fingerprint density at radius 3 is 2.36 bits per heavy atom. The van der Waals surface area contributed by atoms with Crippen LogP contribution >= 0.6 is 11.6 Å². The van der Waals surface area contributed by atoms with E-state index in [1.54, 1.807) is 24.3 Å². The summed E-state index contributed by atoms with van der Waals surface area (Å²) < 4.78 is 5.26. The van der Waals surface area contributed by atoms with E-state index in [0.717, 1.165) is 12.0 Å². The molecule has 0 saturated heterocycles. The number of hydrogen-bond acceptors (Lipinski definition) is 3. The number of para-hydroxylation sites is 1. The summed E-state index contributed by atoms with van der Waals surface area (Å²) >= 11 is 6.00. The molecule has 4 nitrogen and oxygen atoms in total. The van der Waals surface area contributed by atoms with Gasteiger partial charge in [0.2, 0.25) is 0 Å². The topological polar surface area (TPSA) is 55.4 Å². The van der Waals surface area contributed by atoms with Crippen molar-refractivity contribution in [3.05, 3.63) is 65.2 Å². The molecule has 2 atom stereocenters. The van der Waals surface area contributed by atoms with Crippen molar-refractivity contribution < 1.29 is 14.3 Å². The van der Waals surface area contributed by atoms with Gasteiger partial charge in [-0.1, -0.05) is 74.3 Å². The van der Waals surface area contributed by atoms with Crippen LogP contribution in [-0.2, 0) is 14.3 Å². The zero-order valence-electron chi connectivity index (χ0n) is 14.4. The lowest BCUT2D eigenvalue weighted by Crippen LogP contribution is -2.27. The van der Waals surface area contributed by atoms with Crippen LogP contribution in [0, 0.1) is 5.92 Å². The third kappa shape index (κ3) is 5.33. The molecule has 1 amide bonds. The summed E-state index contributed by atoms with van der Waals surface area (Å²) in [6, 6.07) is 16.4. The number of ether oxygens (including phenoxy) is 1. The van der Waals surface area contributed by atoms with Crippen LogP contribution in [0.5, 0.6) is 0 Å². The van der Waals surface area contributed by atoms with Gasteiger partial charge in [0, 0.05) is 0 Å². The van der Waals surface area contributed by atoms with E-state index in [9.17, 15) is 9.59 Å². The first-order valence-electron chi connectivity index (χ1n) is 8.29. The number of anilines is 1. The minimum absolute atomic E-state index is 0.113. The second-order valence-electron chi connectivity index (χ2n) is 5.91. The van der Waals surface area contributed by atoms with E-state index < -0.39 is 11.9 Å². The van der Waals surface area contributed by atoms with Crippen molar-refractivity contribution in [3.63, 3.8) is 0 Å². The molecule has 0 radical (unpaired) electrons. The van der Waals surface area contributed by atoms with Crippen molar-refractivity contribution >= 4 is 29.2 Å². The first-order valence-corrected chi connectivity index (χ1v) is 8.66. The normalized spacial score (nSPS) is 12.9. The predicted molar refractivity (Wildman–Crippen MR) is 99.7 cm³/mol. The zero-order chi connectivity index (χ0) is 18.2. The average molecular weight is 360 g/mol. The molecule has 1 N–H and O–H groups in total. The second kappa shape index (κ2) is 9.23. The molecule has 5 heteroatoms. The van der Waals surface area contributed by atoms with Crippen LogP contribution in [-0.4, -0.2) is 18.5 Å². The number of esters is 1. The van der Waals surface area contributed by atoms with E-state index in [1.165, 1.54) is 0 Å². The Morgan fingerprint density at radius 2 is 1.72 bits per heavy atom. The van der Waals surface area contributed by atoms with Crippen LogP contribution in [0.3, 0.4) is 0 Å². The van der Waals surface area contributed by atoms with E-state index in [2.05, 4.69) is 5.32 Å². The van der Waals surface area contributed by atoms with Crippen molar-refractivity contribution in [2.24, 2.45) is 5.92 Å². The number of amides is 1. The van der Waals surface area contributed by atoms with Crippen LogP contribution in [0.25, 0.3) is 0 Å². The number of carbonyl (C=O) groups excluding carboxylic acids is 2. The Hall–Kier alpha value is -2.33. The maximum atomic E-state index is 12.5. The summed E-state index contributed by atoms with van der Waals surface area (Å²) in [7, 11) is 0. The van der Waals surface area contributed by atoms with Crippen LogP contribution in [0.15, 0.2) is 54.6 Å². The Labute approximate surface area is 153 Å². The summed E-state index contributed by atoms with van der Waals surface area (Å²) in [4.78, 5) is 24.6. The third-order valence-corrected chi connectivity index (χ3v) is 4.45. The van der Waals surface area contributed by atoms with E-state index >= 15 is 0 Å². The smallest absolute Gasteiger partial charge is 0.314 e. The first kappa shape index (κ1) is 19.0. The van der Waals surface area contributed by atoms with Crippen molar-refractivity contribution in [1.29, 1.82) is 0 Å². The quantitative estimate of drug-likeness (QED) is 0.732. The Balaban J connectivity index is 1.99. The molecular formula is C20H22ClNO3. The second-order valence-corrected chi connectivity index (χ2v) is 6.32. The lowest BCUT2D eigenvalue weighted by Gasteiger charge is -2.21. The van der Waals surface area contributed by atoms with Gasteiger partial charge in [-0.2, -0.15) is 0 Å². The summed E-state index contributed by atoms with van der Waals surface area (Å²) in [5.74, 6) is -1.09. The van der Waals surface area contributed by atoms with Gasteiger partial charge in [-0.05, 0) is 23.6 Å². The van der Waals surface area contributed by atoms with Crippen molar-refractivity contribution in [2.45, 2.75) is 26.2 Å². The molecule has 0 heterocycles. The number of rotatable bonds is 7. The van der Waals surface area contributed by atoms with Gasteiger partial charge in [-0.25, -0.2) is 0 Å². The fourth-order valence-corrected chi connectivity index (χ4v) is 2.75. The maximum absolute atomic E-state index is 12.5. The highest BCUT2D eigenvalue weighted by Crippen LogP contribution is 2.28. The van der Waals surface area contributed by atoms with E-state index in [4.69, 9.17) is 16.3 Å². The number of halogens is 1. The molecule has 2 aromatic rings. The predicted octanol–water partition coefficient (Wildman–Crippen LogP) is 4.65. The standard InChI is InChI=1S/C20H22ClNO3/c1-3-14(2)19(15-9-5-4-6-10-15)20(24)25-13-18(23)22-17-12-8-7-11-16(17)21/h4-12,14,19H,3,13H2,1-2H3,(H,22,23)/t14-,19-/m1/s1. The highest BCUT2D eigenvalue weighted by molar-refractivity contribution is 6.33. The minimum Gasteiger partial charge on any atom is -0.455 e. The van der Waals surface area contributed by atoms with Gasteiger partial charge in [-0.3, -0.25) is 9.59 Å². The Kier molecular flexibility index (Phi) is 7.02. The van der Waals surface area contributed by atoms with Crippen LogP contribution in [0.4, 0.5) is 5.69 Å². The van der Waals surface area contributed by atoms with Gasteiger partial charge >= 0.3 is 5.97 Å². The molecule has 25 heavy (non-hydrogen) atoms. The van der Waals surface area contributed by atoms with Gasteiger partial charge in [0.05, 0.1) is 16.6 Å². The van der Waals surface area contributed by atoms with E-state index in [-0.39, 0.29) is 18.4 Å². The highest BCUT2D eigenvalue weighted by atomic mass is 35.5. The zero-order valence-corrected chi connectivity index (χ0v) is 15.1. The number of hydrogen-bond donors (Lipinski definition) is 1. The molecule has 0 aromatic heterocycles. The maximum Gasteiger partial charge on any atom is 0.314 e.